The van der Waals surface area contributed by atoms with E-state index in [2.05, 4.69) is 5.32 Å². The van der Waals surface area contributed by atoms with E-state index in [1.807, 2.05) is 0 Å². The molecule has 0 saturated carbocycles. The zero-order valence-corrected chi connectivity index (χ0v) is 15.6. The van der Waals surface area contributed by atoms with Gasteiger partial charge < -0.3 is 5.32 Å². The Morgan fingerprint density at radius 2 is 2.16 bits per heavy atom. The molecule has 0 bridgehead atoms. The normalized spacial score (nSPS) is 22.1. The number of nitro benzene ring substituents is 1. The van der Waals surface area contributed by atoms with Gasteiger partial charge in [-0.25, -0.2) is 8.42 Å². The molecular formula is C15H20ClN3O5S. The van der Waals surface area contributed by atoms with Gasteiger partial charge in [0.2, 0.25) is 5.91 Å². The van der Waals surface area contributed by atoms with Gasteiger partial charge in [-0.2, -0.15) is 0 Å². The summed E-state index contributed by atoms with van der Waals surface area (Å²) >= 11 is 6.06. The molecule has 1 aromatic carbocycles. The Balaban J connectivity index is 1.96. The van der Waals surface area contributed by atoms with Gasteiger partial charge in [0.1, 0.15) is 0 Å². The number of hydrogen-bond donors (Lipinski definition) is 1. The van der Waals surface area contributed by atoms with Crippen LogP contribution in [0.15, 0.2) is 18.2 Å². The van der Waals surface area contributed by atoms with Gasteiger partial charge in [-0.05, 0) is 32.0 Å². The highest BCUT2D eigenvalue weighted by Gasteiger charge is 2.39. The largest absolute Gasteiger partial charge is 0.349 e. The van der Waals surface area contributed by atoms with Crippen LogP contribution < -0.4 is 5.32 Å². The van der Waals surface area contributed by atoms with Crippen LogP contribution in [0.2, 0.25) is 5.02 Å². The average molecular weight is 390 g/mol. The van der Waals surface area contributed by atoms with Gasteiger partial charge in [-0.3, -0.25) is 19.8 Å². The number of amides is 1. The fourth-order valence-electron chi connectivity index (χ4n) is 2.87. The minimum Gasteiger partial charge on any atom is -0.349 e. The molecule has 1 unspecified atom stereocenters. The summed E-state index contributed by atoms with van der Waals surface area (Å²) in [6, 6.07) is 4.15. The highest BCUT2D eigenvalue weighted by molar-refractivity contribution is 7.91. The van der Waals surface area contributed by atoms with Gasteiger partial charge in [-0.15, -0.1) is 0 Å². The quantitative estimate of drug-likeness (QED) is 0.581. The molecule has 1 aromatic rings. The highest BCUT2D eigenvalue weighted by Crippen LogP contribution is 2.24. The minimum atomic E-state index is -3.10. The molecule has 1 aliphatic rings. The summed E-state index contributed by atoms with van der Waals surface area (Å²) in [7, 11) is -1.42. The van der Waals surface area contributed by atoms with Crippen molar-refractivity contribution in [3.05, 3.63) is 38.9 Å². The molecule has 0 radical (unpaired) electrons. The molecular weight excluding hydrogens is 370 g/mol. The number of nitrogens with one attached hydrogen (secondary N) is 1. The van der Waals surface area contributed by atoms with Crippen LogP contribution in [-0.2, 0) is 21.2 Å². The standard InChI is InChI=1S/C15H20ClN3O5S/c1-15(5-6-25(23,24)10-15)17-14(20)9-18(2)8-11-7-12(19(21)22)3-4-13(11)16/h3-4,7H,5-6,8-10H2,1-2H3,(H,17,20). The summed E-state index contributed by atoms with van der Waals surface area (Å²) in [5.41, 5.74) is -0.276. The van der Waals surface area contributed by atoms with Gasteiger partial charge in [0, 0.05) is 23.7 Å². The maximum absolute atomic E-state index is 12.2. The molecule has 25 heavy (non-hydrogen) atoms. The lowest BCUT2D eigenvalue weighted by Gasteiger charge is -2.25. The first kappa shape index (κ1) is 19.6. The first-order valence-corrected chi connectivity index (χ1v) is 9.82. The summed E-state index contributed by atoms with van der Waals surface area (Å²) < 4.78 is 23.2. The van der Waals surface area contributed by atoms with Crippen molar-refractivity contribution >= 4 is 33.0 Å². The lowest BCUT2D eigenvalue weighted by atomic mass is 10.0. The number of non-ortho nitro benzene ring substituents is 1. The van der Waals surface area contributed by atoms with Gasteiger partial charge in [0.15, 0.2) is 9.84 Å². The Morgan fingerprint density at radius 1 is 1.48 bits per heavy atom. The van der Waals surface area contributed by atoms with Crippen molar-refractivity contribution in [2.45, 2.75) is 25.4 Å². The van der Waals surface area contributed by atoms with Gasteiger partial charge in [-0.1, -0.05) is 11.6 Å². The predicted octanol–water partition coefficient (Wildman–Crippen LogP) is 1.37. The van der Waals surface area contributed by atoms with Crippen molar-refractivity contribution in [1.82, 2.24) is 10.2 Å². The molecule has 8 nitrogen and oxygen atoms in total. The minimum absolute atomic E-state index is 0.0225. The van der Waals surface area contributed by atoms with E-state index in [0.29, 0.717) is 17.0 Å². The Labute approximate surface area is 151 Å². The average Bonchev–Trinajstić information content (AvgIpc) is 2.73. The number of nitro groups is 1. The molecule has 0 aliphatic carbocycles. The molecule has 0 spiro atoms. The van der Waals surface area contributed by atoms with E-state index in [4.69, 9.17) is 11.6 Å². The topological polar surface area (TPSA) is 110 Å². The van der Waals surface area contributed by atoms with Crippen molar-refractivity contribution in [1.29, 1.82) is 0 Å². The molecule has 0 aromatic heterocycles. The number of sulfone groups is 1. The number of rotatable bonds is 6. The molecule has 1 N–H and O–H groups in total. The van der Waals surface area contributed by atoms with Gasteiger partial charge in [0.25, 0.3) is 5.69 Å². The first-order valence-electron chi connectivity index (χ1n) is 7.62. The number of carbonyl (C=O) groups is 1. The van der Waals surface area contributed by atoms with E-state index in [1.54, 1.807) is 18.9 Å². The molecule has 1 saturated heterocycles. The van der Waals surface area contributed by atoms with E-state index in [1.165, 1.54) is 18.2 Å². The van der Waals surface area contributed by atoms with Crippen LogP contribution >= 0.6 is 11.6 Å². The Bertz CT molecular complexity index is 798. The Morgan fingerprint density at radius 3 is 2.72 bits per heavy atom. The van der Waals surface area contributed by atoms with Crippen molar-refractivity contribution < 1.29 is 18.1 Å². The van der Waals surface area contributed by atoms with Crippen molar-refractivity contribution in [3.63, 3.8) is 0 Å². The smallest absolute Gasteiger partial charge is 0.269 e. The first-order chi connectivity index (χ1) is 11.5. The van der Waals surface area contributed by atoms with E-state index in [0.717, 1.165) is 0 Å². The lowest BCUT2D eigenvalue weighted by molar-refractivity contribution is -0.384. The zero-order chi connectivity index (χ0) is 18.8. The Kier molecular flexibility index (Phi) is 5.70. The molecule has 1 amide bonds. The third-order valence-corrected chi connectivity index (χ3v) is 6.31. The number of halogens is 1. The maximum Gasteiger partial charge on any atom is 0.269 e. The molecule has 10 heteroatoms. The second-order valence-corrected chi connectivity index (χ2v) is 9.25. The van der Waals surface area contributed by atoms with Crippen molar-refractivity contribution in [2.75, 3.05) is 25.1 Å². The summed E-state index contributed by atoms with van der Waals surface area (Å²) in [6.45, 7) is 1.99. The summed E-state index contributed by atoms with van der Waals surface area (Å²) in [6.07, 6.45) is 0.390. The fourth-order valence-corrected chi connectivity index (χ4v) is 5.14. The molecule has 1 fully saturated rings. The number of likely N-dealkylation sites (N-methyl/N-ethyl adjacent to an activating group) is 1. The predicted molar refractivity (Wildman–Crippen MR) is 94.3 cm³/mol. The van der Waals surface area contributed by atoms with Crippen LogP contribution in [-0.4, -0.2) is 54.8 Å². The number of nitrogens with zero attached hydrogens (tertiary/aromatic N) is 2. The summed E-state index contributed by atoms with van der Waals surface area (Å²) in [5, 5.41) is 14.0. The van der Waals surface area contributed by atoms with Crippen LogP contribution in [0.25, 0.3) is 0 Å². The molecule has 1 aliphatic heterocycles. The third-order valence-electron chi connectivity index (χ3n) is 4.04. The second-order valence-electron chi connectivity index (χ2n) is 6.66. The van der Waals surface area contributed by atoms with Crippen LogP contribution in [0.3, 0.4) is 0 Å². The van der Waals surface area contributed by atoms with Gasteiger partial charge in [0.05, 0.1) is 28.5 Å². The zero-order valence-electron chi connectivity index (χ0n) is 14.0. The van der Waals surface area contributed by atoms with Gasteiger partial charge >= 0.3 is 0 Å². The molecule has 1 atom stereocenters. The number of hydrogen-bond acceptors (Lipinski definition) is 6. The van der Waals surface area contributed by atoms with Crippen LogP contribution in [0.5, 0.6) is 0 Å². The van der Waals surface area contributed by atoms with Crippen LogP contribution in [0.1, 0.15) is 18.9 Å². The van der Waals surface area contributed by atoms with E-state index < -0.39 is 20.3 Å². The van der Waals surface area contributed by atoms with E-state index in [-0.39, 0.29) is 36.2 Å². The SMILES string of the molecule is CN(CC(=O)NC1(C)CCS(=O)(=O)C1)Cc1cc([N+](=O)[O-])ccc1Cl. The van der Waals surface area contributed by atoms with Crippen LogP contribution in [0, 0.1) is 10.1 Å². The van der Waals surface area contributed by atoms with E-state index in [9.17, 15) is 23.3 Å². The second kappa shape index (κ2) is 7.27. The maximum atomic E-state index is 12.2. The summed E-state index contributed by atoms with van der Waals surface area (Å²) in [4.78, 5) is 24.2. The van der Waals surface area contributed by atoms with E-state index >= 15 is 0 Å². The fraction of sp³-hybridized carbons (Fsp3) is 0.533. The summed E-state index contributed by atoms with van der Waals surface area (Å²) in [5.74, 6) is -0.293. The third kappa shape index (κ3) is 5.38. The van der Waals surface area contributed by atoms with Crippen LogP contribution in [0.4, 0.5) is 5.69 Å². The Hall–Kier alpha value is -1.71. The monoisotopic (exact) mass is 389 g/mol. The highest BCUT2D eigenvalue weighted by atomic mass is 35.5. The molecule has 1 heterocycles. The number of carbonyl (C=O) groups excluding carboxylic acids is 1. The lowest BCUT2D eigenvalue weighted by Crippen LogP contribution is -2.49. The van der Waals surface area contributed by atoms with Crippen molar-refractivity contribution in [2.24, 2.45) is 0 Å². The van der Waals surface area contributed by atoms with Crippen molar-refractivity contribution in [3.8, 4) is 0 Å². The molecule has 138 valence electrons. The number of benzene rings is 1. The molecule has 2 rings (SSSR count).